The number of rotatable bonds is 3. The molecule has 0 fully saturated rings. The van der Waals surface area contributed by atoms with Crippen molar-refractivity contribution >= 4 is 20.6 Å². The van der Waals surface area contributed by atoms with E-state index in [0.717, 1.165) is 0 Å². The molecule has 0 aromatic carbocycles. The molecule has 52 valence electrons. The predicted molar refractivity (Wildman–Crippen MR) is 38.1 cm³/mol. The van der Waals surface area contributed by atoms with Crippen LogP contribution in [0.15, 0.2) is 21.6 Å². The Morgan fingerprint density at radius 3 is 2.00 bits per heavy atom. The van der Waals surface area contributed by atoms with Gasteiger partial charge in [-0.2, -0.15) is 0 Å². The Morgan fingerprint density at radius 1 is 1.40 bits per heavy atom. The smallest absolute Gasteiger partial charge is 0.214 e. The van der Waals surface area contributed by atoms with Crippen LogP contribution in [-0.4, -0.2) is 20.6 Å². The average molecular weight is 154 g/mol. The lowest BCUT2D eigenvalue weighted by Crippen LogP contribution is -2.21. The summed E-state index contributed by atoms with van der Waals surface area (Å²) in [6.07, 6.45) is 2.67. The number of isocyanates is 2. The van der Waals surface area contributed by atoms with Crippen LogP contribution >= 0.6 is 0 Å². The van der Waals surface area contributed by atoms with E-state index in [1.54, 1.807) is 6.55 Å². The van der Waals surface area contributed by atoms with Crippen molar-refractivity contribution in [3.63, 3.8) is 0 Å². The van der Waals surface area contributed by atoms with Crippen molar-refractivity contribution in [3.8, 4) is 0 Å². The normalized spacial score (nSPS) is 13.7. The zero-order valence-electron chi connectivity index (χ0n) is 5.50. The van der Waals surface area contributed by atoms with E-state index in [0.29, 0.717) is 0 Å². The molecule has 0 saturated carbocycles. The maximum Gasteiger partial charge on any atom is 0.351 e. The summed E-state index contributed by atoms with van der Waals surface area (Å²) in [6.45, 7) is 4.97. The summed E-state index contributed by atoms with van der Waals surface area (Å²) in [5.74, 6) is 0. The molecular weight excluding hydrogens is 148 g/mol. The maximum absolute atomic E-state index is 9.76. The van der Waals surface area contributed by atoms with E-state index >= 15 is 0 Å². The Bertz CT molecular complexity index is 208. The molecule has 10 heavy (non-hydrogen) atoms. The third-order valence-electron chi connectivity index (χ3n) is 0.931. The van der Waals surface area contributed by atoms with Crippen LogP contribution in [0.25, 0.3) is 0 Å². The van der Waals surface area contributed by atoms with Crippen LogP contribution in [0.1, 0.15) is 0 Å². The summed E-state index contributed by atoms with van der Waals surface area (Å²) in [6, 6.07) is 0. The molecule has 0 aromatic heterocycles. The van der Waals surface area contributed by atoms with Crippen molar-refractivity contribution in [1.29, 1.82) is 0 Å². The molecule has 0 bridgehead atoms. The lowest BCUT2D eigenvalue weighted by Gasteiger charge is -2.02. The summed E-state index contributed by atoms with van der Waals surface area (Å²) in [5, 5.41) is 0. The van der Waals surface area contributed by atoms with Gasteiger partial charge in [0.25, 0.3) is 0 Å². The van der Waals surface area contributed by atoms with Crippen LogP contribution in [0.4, 0.5) is 0 Å². The first kappa shape index (κ1) is 8.72. The Balaban J connectivity index is 4.69. The molecule has 0 aliphatic heterocycles. The molecule has 5 heteroatoms. The van der Waals surface area contributed by atoms with Gasteiger partial charge in [0.15, 0.2) is 0 Å². The number of hydrogen-bond donors (Lipinski definition) is 0. The van der Waals surface area contributed by atoms with Crippen molar-refractivity contribution in [1.82, 2.24) is 0 Å². The predicted octanol–water partition coefficient (Wildman–Crippen LogP) is 0.455. The van der Waals surface area contributed by atoms with Gasteiger partial charge < -0.3 is 0 Å². The zero-order chi connectivity index (χ0) is 8.04. The van der Waals surface area contributed by atoms with Crippen molar-refractivity contribution in [2.75, 3.05) is 0 Å². The van der Waals surface area contributed by atoms with Crippen molar-refractivity contribution < 1.29 is 9.59 Å². The SMILES string of the molecule is C=C[Si](C)(N=C=O)N=C=O. The lowest BCUT2D eigenvalue weighted by atomic mass is 11.3. The van der Waals surface area contributed by atoms with Gasteiger partial charge in [0.1, 0.15) is 0 Å². The first-order valence-corrected chi connectivity index (χ1v) is 4.97. The molecule has 0 atom stereocenters. The summed E-state index contributed by atoms with van der Waals surface area (Å²) >= 11 is 0. The Hall–Kier alpha value is -1.28. The number of hydrogen-bond acceptors (Lipinski definition) is 4. The minimum absolute atomic E-state index is 1.34. The summed E-state index contributed by atoms with van der Waals surface area (Å²) in [4.78, 5) is 19.5. The van der Waals surface area contributed by atoms with E-state index < -0.39 is 8.40 Å². The fraction of sp³-hybridized carbons (Fsp3) is 0.200. The van der Waals surface area contributed by atoms with Crippen LogP contribution in [-0.2, 0) is 9.59 Å². The second kappa shape index (κ2) is 3.69. The highest BCUT2D eigenvalue weighted by molar-refractivity contribution is 6.81. The molecular formula is C5H6N2O2Si. The average Bonchev–Trinajstić information content (AvgIpc) is 1.89. The first-order chi connectivity index (χ1) is 4.68. The Labute approximate surface area is 59.2 Å². The molecule has 0 aliphatic rings. The fourth-order valence-corrected chi connectivity index (χ4v) is 0.903. The molecule has 0 spiro atoms. The van der Waals surface area contributed by atoms with Gasteiger partial charge in [0.2, 0.25) is 12.2 Å². The van der Waals surface area contributed by atoms with E-state index in [-0.39, 0.29) is 0 Å². The van der Waals surface area contributed by atoms with Gasteiger partial charge in [-0.3, -0.25) is 0 Å². The summed E-state index contributed by atoms with van der Waals surface area (Å²) < 4.78 is 6.70. The van der Waals surface area contributed by atoms with Gasteiger partial charge in [-0.15, -0.1) is 6.58 Å². The second-order valence-corrected chi connectivity index (χ2v) is 4.75. The number of nitrogens with zero attached hydrogens (tertiary/aromatic N) is 2. The molecule has 0 unspecified atom stereocenters. The molecule has 0 saturated heterocycles. The third-order valence-corrected chi connectivity index (χ3v) is 2.79. The van der Waals surface area contributed by atoms with Gasteiger partial charge in [-0.05, 0) is 6.55 Å². The lowest BCUT2D eigenvalue weighted by molar-refractivity contribution is 0.565. The third kappa shape index (κ3) is 2.33. The largest absolute Gasteiger partial charge is 0.351 e. The van der Waals surface area contributed by atoms with Crippen LogP contribution < -0.4 is 0 Å². The molecule has 0 amide bonds. The highest BCUT2D eigenvalue weighted by atomic mass is 28.3. The first-order valence-electron chi connectivity index (χ1n) is 2.50. The van der Waals surface area contributed by atoms with Crippen molar-refractivity contribution in [2.45, 2.75) is 6.55 Å². The van der Waals surface area contributed by atoms with Gasteiger partial charge in [-0.25, -0.2) is 18.9 Å². The minimum Gasteiger partial charge on any atom is -0.214 e. The van der Waals surface area contributed by atoms with Crippen LogP contribution in [0.2, 0.25) is 6.55 Å². The molecule has 0 N–H and O–H groups in total. The number of carbonyl (C=O) groups excluding carboxylic acids is 2. The van der Waals surface area contributed by atoms with Crippen LogP contribution in [0.3, 0.4) is 0 Å². The van der Waals surface area contributed by atoms with E-state index in [9.17, 15) is 9.59 Å². The fourth-order valence-electron chi connectivity index (χ4n) is 0.301. The molecule has 0 heterocycles. The van der Waals surface area contributed by atoms with Gasteiger partial charge in [-0.1, -0.05) is 5.70 Å². The zero-order valence-corrected chi connectivity index (χ0v) is 6.50. The van der Waals surface area contributed by atoms with Gasteiger partial charge in [0.05, 0.1) is 0 Å². The van der Waals surface area contributed by atoms with E-state index in [4.69, 9.17) is 0 Å². The standard InChI is InChI=1S/C5H6N2O2Si/c1-3-10(2,6-4-8)7-5-9/h3H,1H2,2H3. The highest BCUT2D eigenvalue weighted by Gasteiger charge is 2.22. The monoisotopic (exact) mass is 154 g/mol. The van der Waals surface area contributed by atoms with Gasteiger partial charge >= 0.3 is 8.40 Å². The molecule has 0 rings (SSSR count). The van der Waals surface area contributed by atoms with Crippen molar-refractivity contribution in [2.24, 2.45) is 9.32 Å². The van der Waals surface area contributed by atoms with Crippen LogP contribution in [0.5, 0.6) is 0 Å². The Kier molecular flexibility index (Phi) is 3.21. The van der Waals surface area contributed by atoms with Crippen LogP contribution in [0, 0.1) is 0 Å². The molecule has 0 aliphatic carbocycles. The summed E-state index contributed by atoms with van der Waals surface area (Å²) in [5.41, 5.74) is 1.39. The molecule has 0 radical (unpaired) electrons. The highest BCUT2D eigenvalue weighted by Crippen LogP contribution is 2.04. The van der Waals surface area contributed by atoms with E-state index in [1.807, 2.05) is 0 Å². The Morgan fingerprint density at radius 2 is 1.80 bits per heavy atom. The molecule has 0 aromatic rings. The van der Waals surface area contributed by atoms with E-state index in [1.165, 1.54) is 17.9 Å². The quantitative estimate of drug-likeness (QED) is 0.337. The minimum atomic E-state index is -2.56. The van der Waals surface area contributed by atoms with E-state index in [2.05, 4.69) is 15.9 Å². The topological polar surface area (TPSA) is 58.9 Å². The summed E-state index contributed by atoms with van der Waals surface area (Å²) in [7, 11) is -2.56. The molecule has 4 nitrogen and oxygen atoms in total. The second-order valence-electron chi connectivity index (χ2n) is 1.70. The maximum atomic E-state index is 9.76. The van der Waals surface area contributed by atoms with Crippen molar-refractivity contribution in [3.05, 3.63) is 12.3 Å². The van der Waals surface area contributed by atoms with Gasteiger partial charge in [0, 0.05) is 0 Å².